The maximum Gasteiger partial charge on any atom is 0.408 e. The molecular formula is C16H23N3O3. The average Bonchev–Trinajstić information content (AvgIpc) is 2.40. The second-order valence-corrected chi connectivity index (χ2v) is 6.66. The molecular weight excluding hydrogens is 282 g/mol. The number of carbonyl (C=O) groups excluding carboxylic acids is 2. The number of nitrogens with one attached hydrogen (secondary N) is 2. The van der Waals surface area contributed by atoms with Crippen LogP contribution in [-0.4, -0.2) is 17.5 Å². The molecule has 0 saturated heterocycles. The molecule has 6 heteroatoms. The third-order valence-electron chi connectivity index (χ3n) is 3.73. The Balaban J connectivity index is 2.13. The average molecular weight is 305 g/mol. The molecule has 1 aromatic rings. The van der Waals surface area contributed by atoms with Crippen LogP contribution in [0.2, 0.25) is 0 Å². The molecule has 1 saturated carbocycles. The summed E-state index contributed by atoms with van der Waals surface area (Å²) >= 11 is 0. The number of rotatable bonds is 3. The first kappa shape index (κ1) is 16.3. The first-order valence-electron chi connectivity index (χ1n) is 7.38. The Labute approximate surface area is 130 Å². The summed E-state index contributed by atoms with van der Waals surface area (Å²) in [4.78, 5) is 23.5. The molecule has 4 N–H and O–H groups in total. The summed E-state index contributed by atoms with van der Waals surface area (Å²) in [5, 5.41) is 2.81. The van der Waals surface area contributed by atoms with Crippen molar-refractivity contribution in [3.05, 3.63) is 35.4 Å². The van der Waals surface area contributed by atoms with E-state index in [-0.39, 0.29) is 11.4 Å². The number of nitrogens with two attached hydrogens (primary N) is 1. The van der Waals surface area contributed by atoms with E-state index in [4.69, 9.17) is 10.6 Å². The summed E-state index contributed by atoms with van der Waals surface area (Å²) in [7, 11) is 0. The van der Waals surface area contributed by atoms with Crippen molar-refractivity contribution in [1.82, 2.24) is 10.7 Å². The van der Waals surface area contributed by atoms with Gasteiger partial charge in [0.15, 0.2) is 0 Å². The van der Waals surface area contributed by atoms with Gasteiger partial charge >= 0.3 is 6.09 Å². The second kappa shape index (κ2) is 5.96. The van der Waals surface area contributed by atoms with Crippen molar-refractivity contribution in [2.75, 3.05) is 0 Å². The van der Waals surface area contributed by atoms with Crippen LogP contribution in [0.15, 0.2) is 24.3 Å². The highest BCUT2D eigenvalue weighted by Gasteiger charge is 2.43. The third kappa shape index (κ3) is 3.57. The van der Waals surface area contributed by atoms with E-state index in [1.54, 1.807) is 12.1 Å². The van der Waals surface area contributed by atoms with E-state index in [2.05, 4.69) is 10.7 Å². The lowest BCUT2D eigenvalue weighted by molar-refractivity contribution is -0.0549. The van der Waals surface area contributed by atoms with Crippen LogP contribution in [0, 0.1) is 0 Å². The van der Waals surface area contributed by atoms with Gasteiger partial charge in [0.1, 0.15) is 5.60 Å². The van der Waals surface area contributed by atoms with Crippen molar-refractivity contribution < 1.29 is 14.3 Å². The van der Waals surface area contributed by atoms with Crippen molar-refractivity contribution in [3.63, 3.8) is 0 Å². The number of ether oxygens (including phenoxy) is 1. The SMILES string of the molecule is CC(C)(C)NC(=O)OC1(c2ccc(C(=O)NN)cc2)CCC1. The molecule has 1 fully saturated rings. The van der Waals surface area contributed by atoms with Gasteiger partial charge in [-0.25, -0.2) is 10.6 Å². The van der Waals surface area contributed by atoms with Crippen molar-refractivity contribution in [3.8, 4) is 0 Å². The van der Waals surface area contributed by atoms with Crippen LogP contribution in [0.3, 0.4) is 0 Å². The number of alkyl carbamates (subject to hydrolysis) is 1. The molecule has 0 heterocycles. The van der Waals surface area contributed by atoms with Gasteiger partial charge < -0.3 is 10.1 Å². The second-order valence-electron chi connectivity index (χ2n) is 6.66. The smallest absolute Gasteiger partial charge is 0.408 e. The Hall–Kier alpha value is -2.08. The van der Waals surface area contributed by atoms with Crippen molar-refractivity contribution in [2.45, 2.75) is 51.2 Å². The predicted octanol–water partition coefficient (Wildman–Crippen LogP) is 2.19. The Kier molecular flexibility index (Phi) is 4.42. The van der Waals surface area contributed by atoms with Gasteiger partial charge in [0.2, 0.25) is 0 Å². The molecule has 2 rings (SSSR count). The third-order valence-corrected chi connectivity index (χ3v) is 3.73. The minimum absolute atomic E-state index is 0.342. The van der Waals surface area contributed by atoms with Gasteiger partial charge in [0.25, 0.3) is 5.91 Å². The molecule has 1 aliphatic carbocycles. The molecule has 0 unspecified atom stereocenters. The fourth-order valence-electron chi connectivity index (χ4n) is 2.47. The van der Waals surface area contributed by atoms with Gasteiger partial charge in [-0.1, -0.05) is 12.1 Å². The Bertz CT molecular complexity index is 557. The van der Waals surface area contributed by atoms with E-state index in [1.165, 1.54) is 0 Å². The van der Waals surface area contributed by atoms with Gasteiger partial charge in [-0.2, -0.15) is 0 Å². The summed E-state index contributed by atoms with van der Waals surface area (Å²) in [5.41, 5.74) is 2.53. The molecule has 0 spiro atoms. The summed E-state index contributed by atoms with van der Waals surface area (Å²) in [6, 6.07) is 6.99. The molecule has 0 aliphatic heterocycles. The Morgan fingerprint density at radius 1 is 1.18 bits per heavy atom. The molecule has 1 aliphatic rings. The summed E-state index contributed by atoms with van der Waals surface area (Å²) in [5.74, 6) is 4.77. The summed E-state index contributed by atoms with van der Waals surface area (Å²) in [6.45, 7) is 5.71. The van der Waals surface area contributed by atoms with Gasteiger partial charge in [-0.15, -0.1) is 0 Å². The highest BCUT2D eigenvalue weighted by atomic mass is 16.6. The highest BCUT2D eigenvalue weighted by Crippen LogP contribution is 2.44. The lowest BCUT2D eigenvalue weighted by atomic mass is 9.74. The number of amides is 2. The lowest BCUT2D eigenvalue weighted by Crippen LogP contribution is -2.47. The zero-order valence-corrected chi connectivity index (χ0v) is 13.2. The number of hydrogen-bond acceptors (Lipinski definition) is 4. The monoisotopic (exact) mass is 305 g/mol. The molecule has 0 radical (unpaired) electrons. The van der Waals surface area contributed by atoms with E-state index in [9.17, 15) is 9.59 Å². The Morgan fingerprint density at radius 2 is 1.77 bits per heavy atom. The largest absolute Gasteiger partial charge is 0.438 e. The van der Waals surface area contributed by atoms with Crippen molar-refractivity contribution in [1.29, 1.82) is 0 Å². The lowest BCUT2D eigenvalue weighted by Gasteiger charge is -2.42. The summed E-state index contributed by atoms with van der Waals surface area (Å²) < 4.78 is 5.69. The topological polar surface area (TPSA) is 93.4 Å². The normalized spacial score (nSPS) is 16.4. The molecule has 0 atom stereocenters. The number of benzene rings is 1. The van der Waals surface area contributed by atoms with Gasteiger partial charge in [-0.3, -0.25) is 10.2 Å². The van der Waals surface area contributed by atoms with Crippen LogP contribution in [0.1, 0.15) is 56.0 Å². The molecule has 0 bridgehead atoms. The van der Waals surface area contributed by atoms with Crippen LogP contribution in [0.25, 0.3) is 0 Å². The molecule has 1 aromatic carbocycles. The van der Waals surface area contributed by atoms with Crippen LogP contribution in [0.4, 0.5) is 4.79 Å². The van der Waals surface area contributed by atoms with E-state index in [0.29, 0.717) is 5.56 Å². The zero-order valence-electron chi connectivity index (χ0n) is 13.2. The molecule has 22 heavy (non-hydrogen) atoms. The molecule has 2 amide bonds. The fraction of sp³-hybridized carbons (Fsp3) is 0.500. The molecule has 6 nitrogen and oxygen atoms in total. The van der Waals surface area contributed by atoms with Crippen molar-refractivity contribution >= 4 is 12.0 Å². The predicted molar refractivity (Wildman–Crippen MR) is 83.0 cm³/mol. The van der Waals surface area contributed by atoms with Crippen LogP contribution in [-0.2, 0) is 10.3 Å². The van der Waals surface area contributed by atoms with E-state index in [1.807, 2.05) is 32.9 Å². The standard InChI is InChI=1S/C16H23N3O3/c1-15(2,3)18-14(21)22-16(9-4-10-16)12-7-5-11(6-8-12)13(20)19-17/h5-8H,4,9-10,17H2,1-3H3,(H,18,21)(H,19,20). The van der Waals surface area contributed by atoms with Crippen LogP contribution >= 0.6 is 0 Å². The maximum atomic E-state index is 12.0. The van der Waals surface area contributed by atoms with Gasteiger partial charge in [0.05, 0.1) is 0 Å². The molecule has 120 valence electrons. The first-order valence-corrected chi connectivity index (χ1v) is 7.38. The van der Waals surface area contributed by atoms with Gasteiger partial charge in [0, 0.05) is 11.1 Å². The van der Waals surface area contributed by atoms with E-state index in [0.717, 1.165) is 24.8 Å². The maximum absolute atomic E-state index is 12.0. The number of hydrogen-bond donors (Lipinski definition) is 3. The van der Waals surface area contributed by atoms with E-state index < -0.39 is 11.7 Å². The minimum atomic E-state index is -0.590. The molecule has 0 aromatic heterocycles. The highest BCUT2D eigenvalue weighted by molar-refractivity contribution is 5.93. The van der Waals surface area contributed by atoms with Crippen LogP contribution < -0.4 is 16.6 Å². The quantitative estimate of drug-likeness (QED) is 0.453. The fourth-order valence-corrected chi connectivity index (χ4v) is 2.47. The zero-order chi connectivity index (χ0) is 16.4. The number of nitrogen functional groups attached to an aromatic ring is 1. The summed E-state index contributed by atoms with van der Waals surface area (Å²) in [6.07, 6.45) is 2.16. The Morgan fingerprint density at radius 3 is 2.18 bits per heavy atom. The number of hydrazine groups is 1. The van der Waals surface area contributed by atoms with Crippen LogP contribution in [0.5, 0.6) is 0 Å². The number of carbonyl (C=O) groups is 2. The van der Waals surface area contributed by atoms with E-state index >= 15 is 0 Å². The minimum Gasteiger partial charge on any atom is -0.438 e. The van der Waals surface area contributed by atoms with Crippen molar-refractivity contribution in [2.24, 2.45) is 5.84 Å². The first-order chi connectivity index (χ1) is 10.3. The van der Waals surface area contributed by atoms with Gasteiger partial charge in [-0.05, 0) is 57.7 Å².